The minimum atomic E-state index is 0.571. The molecule has 0 unspecified atom stereocenters. The van der Waals surface area contributed by atoms with E-state index in [2.05, 4.69) is 74.7 Å². The van der Waals surface area contributed by atoms with E-state index in [1.54, 1.807) is 23.1 Å². The summed E-state index contributed by atoms with van der Waals surface area (Å²) < 4.78 is 2.35. The summed E-state index contributed by atoms with van der Waals surface area (Å²) in [6, 6.07) is 19.9. The third kappa shape index (κ3) is 2.87. The van der Waals surface area contributed by atoms with Gasteiger partial charge in [0.05, 0.1) is 4.88 Å². The highest BCUT2D eigenvalue weighted by Gasteiger charge is 2.30. The maximum absolute atomic E-state index is 4.51. The largest absolute Gasteiger partial charge is 0.298 e. The summed E-state index contributed by atoms with van der Waals surface area (Å²) >= 11 is 3.53. The van der Waals surface area contributed by atoms with Gasteiger partial charge in [-0.15, -0.1) is 21.5 Å². The Morgan fingerprint density at radius 3 is 2.72 bits per heavy atom. The Kier molecular flexibility index (Phi) is 3.83. The quantitative estimate of drug-likeness (QED) is 0.421. The first-order valence-corrected chi connectivity index (χ1v) is 10.3. The molecule has 0 spiro atoms. The number of benzene rings is 2. The summed E-state index contributed by atoms with van der Waals surface area (Å²) in [6.07, 6.45) is 2.47. The van der Waals surface area contributed by atoms with Gasteiger partial charge in [-0.2, -0.15) is 0 Å². The molecule has 124 valence electrons. The summed E-state index contributed by atoms with van der Waals surface area (Å²) in [5.74, 6) is 1.94. The molecule has 0 radical (unpaired) electrons. The van der Waals surface area contributed by atoms with Crippen LogP contribution < -0.4 is 0 Å². The number of aromatic nitrogens is 3. The second-order valence-corrected chi connectivity index (χ2v) is 8.20. The Hall–Kier alpha value is -2.11. The van der Waals surface area contributed by atoms with Gasteiger partial charge in [-0.25, -0.2) is 0 Å². The van der Waals surface area contributed by atoms with E-state index in [-0.39, 0.29) is 0 Å². The van der Waals surface area contributed by atoms with Gasteiger partial charge in [-0.05, 0) is 40.6 Å². The molecule has 3 nitrogen and oxygen atoms in total. The molecule has 0 amide bonds. The lowest BCUT2D eigenvalue weighted by Crippen LogP contribution is -1.99. The molecule has 2 aromatic carbocycles. The molecule has 1 fully saturated rings. The Morgan fingerprint density at radius 1 is 1.00 bits per heavy atom. The number of rotatable bonds is 5. The van der Waals surface area contributed by atoms with Crippen molar-refractivity contribution in [2.45, 2.75) is 29.8 Å². The van der Waals surface area contributed by atoms with Crippen LogP contribution in [0.15, 0.2) is 65.1 Å². The zero-order chi connectivity index (χ0) is 16.6. The lowest BCUT2D eigenvalue weighted by molar-refractivity contribution is 0.670. The summed E-state index contributed by atoms with van der Waals surface area (Å²) in [6.45, 7) is 0. The van der Waals surface area contributed by atoms with Gasteiger partial charge in [0.1, 0.15) is 0 Å². The third-order valence-electron chi connectivity index (χ3n) is 4.55. The van der Waals surface area contributed by atoms with Crippen LogP contribution in [0.5, 0.6) is 0 Å². The van der Waals surface area contributed by atoms with Gasteiger partial charge >= 0.3 is 0 Å². The minimum Gasteiger partial charge on any atom is -0.298 e. The van der Waals surface area contributed by atoms with Crippen molar-refractivity contribution in [3.05, 3.63) is 65.5 Å². The molecule has 2 aromatic heterocycles. The zero-order valence-electron chi connectivity index (χ0n) is 13.6. The van der Waals surface area contributed by atoms with Crippen LogP contribution in [0.1, 0.15) is 24.4 Å². The van der Waals surface area contributed by atoms with Gasteiger partial charge in [0.2, 0.25) is 0 Å². The van der Waals surface area contributed by atoms with Crippen LogP contribution in [-0.2, 0) is 5.75 Å². The van der Waals surface area contributed by atoms with E-state index in [9.17, 15) is 0 Å². The van der Waals surface area contributed by atoms with Gasteiger partial charge in [-0.1, -0.05) is 60.3 Å². The van der Waals surface area contributed by atoms with Crippen LogP contribution in [0.25, 0.3) is 21.5 Å². The maximum Gasteiger partial charge on any atom is 0.192 e. The average molecular weight is 364 g/mol. The molecular weight excluding hydrogens is 346 g/mol. The normalized spacial score (nSPS) is 14.2. The molecule has 1 aliphatic carbocycles. The second-order valence-electron chi connectivity index (χ2n) is 6.31. The Labute approximate surface area is 154 Å². The molecule has 0 bridgehead atoms. The zero-order valence-corrected chi connectivity index (χ0v) is 15.3. The van der Waals surface area contributed by atoms with E-state index in [0.29, 0.717) is 6.04 Å². The van der Waals surface area contributed by atoms with Crippen LogP contribution in [-0.4, -0.2) is 14.8 Å². The van der Waals surface area contributed by atoms with Gasteiger partial charge in [-0.3, -0.25) is 4.57 Å². The summed E-state index contributed by atoms with van der Waals surface area (Å²) in [5, 5.41) is 14.8. The number of thioether (sulfide) groups is 1. The highest BCUT2D eigenvalue weighted by molar-refractivity contribution is 7.98. The first-order valence-electron chi connectivity index (χ1n) is 8.48. The minimum absolute atomic E-state index is 0.571. The average Bonchev–Trinajstić information content (AvgIpc) is 3.18. The Balaban J connectivity index is 1.47. The number of nitrogens with zero attached hydrogens (tertiary/aromatic N) is 3. The van der Waals surface area contributed by atoms with Crippen molar-refractivity contribution in [1.82, 2.24) is 14.8 Å². The molecular formula is C20H17N3S2. The molecule has 1 aliphatic rings. The number of hydrogen-bond acceptors (Lipinski definition) is 4. The second kappa shape index (κ2) is 6.32. The molecule has 0 N–H and O–H groups in total. The summed E-state index contributed by atoms with van der Waals surface area (Å²) in [4.78, 5) is 1.21. The van der Waals surface area contributed by atoms with E-state index in [4.69, 9.17) is 0 Å². The van der Waals surface area contributed by atoms with Crippen molar-refractivity contribution in [3.8, 4) is 10.7 Å². The van der Waals surface area contributed by atoms with Crippen molar-refractivity contribution >= 4 is 33.9 Å². The SMILES string of the molecule is c1csc(-c2nnc(SCc3cccc4ccccc34)n2C2CC2)c1. The van der Waals surface area contributed by atoms with Crippen LogP contribution in [0.3, 0.4) is 0 Å². The Bertz CT molecular complexity index is 1010. The van der Waals surface area contributed by atoms with E-state index >= 15 is 0 Å². The lowest BCUT2D eigenvalue weighted by atomic mass is 10.1. The molecule has 5 heteroatoms. The van der Waals surface area contributed by atoms with E-state index in [0.717, 1.165) is 16.7 Å². The van der Waals surface area contributed by atoms with Gasteiger partial charge in [0, 0.05) is 11.8 Å². The van der Waals surface area contributed by atoms with Gasteiger partial charge in [0.25, 0.3) is 0 Å². The summed E-state index contributed by atoms with van der Waals surface area (Å²) in [7, 11) is 0. The first-order chi connectivity index (χ1) is 12.4. The number of hydrogen-bond donors (Lipinski definition) is 0. The molecule has 0 atom stereocenters. The van der Waals surface area contributed by atoms with Crippen LogP contribution >= 0.6 is 23.1 Å². The monoisotopic (exact) mass is 363 g/mol. The third-order valence-corrected chi connectivity index (χ3v) is 6.41. The first kappa shape index (κ1) is 15.2. The molecule has 25 heavy (non-hydrogen) atoms. The lowest BCUT2D eigenvalue weighted by Gasteiger charge is -2.09. The van der Waals surface area contributed by atoms with Crippen molar-refractivity contribution in [1.29, 1.82) is 0 Å². The maximum atomic E-state index is 4.51. The van der Waals surface area contributed by atoms with E-state index in [1.807, 2.05) is 0 Å². The predicted molar refractivity (Wildman–Crippen MR) is 105 cm³/mol. The van der Waals surface area contributed by atoms with Crippen LogP contribution in [0.2, 0.25) is 0 Å². The van der Waals surface area contributed by atoms with Gasteiger partial charge in [0.15, 0.2) is 11.0 Å². The highest BCUT2D eigenvalue weighted by atomic mass is 32.2. The molecule has 0 aliphatic heterocycles. The van der Waals surface area contributed by atoms with Crippen molar-refractivity contribution < 1.29 is 0 Å². The van der Waals surface area contributed by atoms with Gasteiger partial charge < -0.3 is 0 Å². The standard InChI is InChI=1S/C20H17N3S2/c1-2-8-17-14(5-1)6-3-7-15(17)13-25-20-22-21-19(18-9-4-12-24-18)23(20)16-10-11-16/h1-9,12,16H,10-11,13H2. The fourth-order valence-electron chi connectivity index (χ4n) is 3.17. The summed E-state index contributed by atoms with van der Waals surface area (Å²) in [5.41, 5.74) is 1.35. The van der Waals surface area contributed by atoms with Crippen molar-refractivity contribution in [2.24, 2.45) is 0 Å². The fraction of sp³-hybridized carbons (Fsp3) is 0.200. The smallest absolute Gasteiger partial charge is 0.192 e. The highest BCUT2D eigenvalue weighted by Crippen LogP contribution is 2.42. The van der Waals surface area contributed by atoms with Crippen LogP contribution in [0, 0.1) is 0 Å². The molecule has 2 heterocycles. The molecule has 5 rings (SSSR count). The fourth-order valence-corrected chi connectivity index (χ4v) is 4.89. The molecule has 4 aromatic rings. The Morgan fingerprint density at radius 2 is 1.88 bits per heavy atom. The topological polar surface area (TPSA) is 30.7 Å². The van der Waals surface area contributed by atoms with Crippen molar-refractivity contribution in [3.63, 3.8) is 0 Å². The molecule has 1 saturated carbocycles. The number of fused-ring (bicyclic) bond motifs is 1. The van der Waals surface area contributed by atoms with Crippen LogP contribution in [0.4, 0.5) is 0 Å². The van der Waals surface area contributed by atoms with E-state index < -0.39 is 0 Å². The predicted octanol–water partition coefficient (Wildman–Crippen LogP) is 5.79. The van der Waals surface area contributed by atoms with E-state index in [1.165, 1.54) is 34.1 Å². The number of thiophene rings is 1. The molecule has 0 saturated heterocycles. The van der Waals surface area contributed by atoms with Crippen molar-refractivity contribution in [2.75, 3.05) is 0 Å².